The predicted molar refractivity (Wildman–Crippen MR) is 69.6 cm³/mol. The Kier molecular flexibility index (Phi) is 2.38. The maximum absolute atomic E-state index is 11.1. The number of carbonyl (C=O) groups excluding carboxylic acids is 1. The van der Waals surface area contributed by atoms with E-state index in [2.05, 4.69) is 15.1 Å². The first-order valence-corrected chi connectivity index (χ1v) is 5.50. The van der Waals surface area contributed by atoms with E-state index in [-0.39, 0.29) is 0 Å². The van der Waals surface area contributed by atoms with Crippen molar-refractivity contribution in [2.24, 2.45) is 5.73 Å². The highest BCUT2D eigenvalue weighted by Gasteiger charge is 2.10. The molecule has 4 N–H and O–H groups in total. The molecule has 0 unspecified atom stereocenters. The first kappa shape index (κ1) is 11.1. The summed E-state index contributed by atoms with van der Waals surface area (Å²) in [5.41, 5.74) is 12.6. The van der Waals surface area contributed by atoms with Gasteiger partial charge in [-0.1, -0.05) is 0 Å². The van der Waals surface area contributed by atoms with E-state index in [1.807, 2.05) is 6.07 Å². The van der Waals surface area contributed by atoms with Crippen LogP contribution < -0.4 is 11.5 Å². The highest BCUT2D eigenvalue weighted by atomic mass is 16.1. The summed E-state index contributed by atoms with van der Waals surface area (Å²) in [6, 6.07) is 5.32. The third kappa shape index (κ3) is 1.86. The third-order valence-corrected chi connectivity index (χ3v) is 2.72. The third-order valence-electron chi connectivity index (χ3n) is 2.72. The van der Waals surface area contributed by atoms with Gasteiger partial charge in [0.25, 0.3) is 5.91 Å². The van der Waals surface area contributed by atoms with Crippen LogP contribution in [0.1, 0.15) is 10.4 Å². The standard InChI is InChI=1S/C12H10N6O/c13-8-1-2-9-10(3-8)15-6-16-12(9)18-5-7(4-17-18)11(14)19/h1-6H,13H2,(H2,14,19). The van der Waals surface area contributed by atoms with E-state index in [4.69, 9.17) is 11.5 Å². The largest absolute Gasteiger partial charge is 0.399 e. The number of hydrogen-bond donors (Lipinski definition) is 2. The van der Waals surface area contributed by atoms with Crippen molar-refractivity contribution in [1.29, 1.82) is 0 Å². The lowest BCUT2D eigenvalue weighted by Gasteiger charge is -2.05. The van der Waals surface area contributed by atoms with Crippen molar-refractivity contribution in [2.45, 2.75) is 0 Å². The Balaban J connectivity index is 2.21. The molecule has 1 amide bonds. The first-order chi connectivity index (χ1) is 9.15. The van der Waals surface area contributed by atoms with Gasteiger partial charge in [0.15, 0.2) is 5.82 Å². The number of fused-ring (bicyclic) bond motifs is 1. The molecule has 19 heavy (non-hydrogen) atoms. The maximum Gasteiger partial charge on any atom is 0.251 e. The number of aromatic nitrogens is 4. The van der Waals surface area contributed by atoms with Gasteiger partial charge in [0.1, 0.15) is 6.33 Å². The molecule has 0 radical (unpaired) electrons. The van der Waals surface area contributed by atoms with Crippen LogP contribution in [0.25, 0.3) is 16.7 Å². The molecule has 0 aliphatic carbocycles. The van der Waals surface area contributed by atoms with Crippen LogP contribution in [0.3, 0.4) is 0 Å². The van der Waals surface area contributed by atoms with Gasteiger partial charge in [-0.2, -0.15) is 5.10 Å². The number of nitrogen functional groups attached to an aromatic ring is 1. The quantitative estimate of drug-likeness (QED) is 0.646. The number of carbonyl (C=O) groups is 1. The molecule has 0 atom stereocenters. The van der Waals surface area contributed by atoms with Crippen LogP contribution in [0.5, 0.6) is 0 Å². The summed E-state index contributed by atoms with van der Waals surface area (Å²) in [7, 11) is 0. The number of amides is 1. The van der Waals surface area contributed by atoms with Crippen LogP contribution in [0.4, 0.5) is 5.69 Å². The van der Waals surface area contributed by atoms with Gasteiger partial charge in [-0.15, -0.1) is 0 Å². The molecule has 0 spiro atoms. The van der Waals surface area contributed by atoms with Crippen molar-refractivity contribution < 1.29 is 4.79 Å². The Morgan fingerprint density at radius 3 is 2.84 bits per heavy atom. The van der Waals surface area contributed by atoms with Gasteiger partial charge >= 0.3 is 0 Å². The molecule has 0 saturated heterocycles. The second kappa shape index (κ2) is 4.05. The minimum atomic E-state index is -0.533. The summed E-state index contributed by atoms with van der Waals surface area (Å²) in [6.45, 7) is 0. The van der Waals surface area contributed by atoms with Gasteiger partial charge in [0.2, 0.25) is 0 Å². The fraction of sp³-hybridized carbons (Fsp3) is 0. The molecule has 1 aromatic carbocycles. The normalized spacial score (nSPS) is 10.7. The molecule has 3 rings (SSSR count). The summed E-state index contributed by atoms with van der Waals surface area (Å²) in [6.07, 6.45) is 4.34. The van der Waals surface area contributed by atoms with Gasteiger partial charge in [0.05, 0.1) is 17.3 Å². The minimum Gasteiger partial charge on any atom is -0.399 e. The number of primary amides is 1. The van der Waals surface area contributed by atoms with E-state index in [0.717, 1.165) is 5.39 Å². The molecule has 0 fully saturated rings. The number of nitrogens with zero attached hydrogens (tertiary/aromatic N) is 4. The van der Waals surface area contributed by atoms with Crippen molar-refractivity contribution in [1.82, 2.24) is 19.7 Å². The lowest BCUT2D eigenvalue weighted by atomic mass is 10.2. The number of hydrogen-bond acceptors (Lipinski definition) is 5. The van der Waals surface area contributed by atoms with Crippen molar-refractivity contribution in [2.75, 3.05) is 5.73 Å². The Morgan fingerprint density at radius 1 is 1.26 bits per heavy atom. The fourth-order valence-corrected chi connectivity index (χ4v) is 1.81. The Bertz CT molecular complexity index is 779. The molecule has 7 heteroatoms. The Hall–Kier alpha value is -2.96. The zero-order valence-corrected chi connectivity index (χ0v) is 9.82. The topological polar surface area (TPSA) is 113 Å². The summed E-state index contributed by atoms with van der Waals surface area (Å²) in [5, 5.41) is 4.86. The monoisotopic (exact) mass is 254 g/mol. The second-order valence-corrected chi connectivity index (χ2v) is 4.01. The molecule has 2 aromatic heterocycles. The van der Waals surface area contributed by atoms with Gasteiger partial charge in [-0.05, 0) is 18.2 Å². The van der Waals surface area contributed by atoms with Crippen LogP contribution in [0, 0.1) is 0 Å². The molecule has 7 nitrogen and oxygen atoms in total. The van der Waals surface area contributed by atoms with E-state index in [9.17, 15) is 4.79 Å². The lowest BCUT2D eigenvalue weighted by Crippen LogP contribution is -2.09. The number of nitrogens with two attached hydrogens (primary N) is 2. The summed E-state index contributed by atoms with van der Waals surface area (Å²) in [4.78, 5) is 19.4. The van der Waals surface area contributed by atoms with Gasteiger partial charge in [0, 0.05) is 17.3 Å². The minimum absolute atomic E-state index is 0.321. The number of rotatable bonds is 2. The zero-order valence-electron chi connectivity index (χ0n) is 9.82. The average Bonchev–Trinajstić information content (AvgIpc) is 2.87. The fourth-order valence-electron chi connectivity index (χ4n) is 1.81. The van der Waals surface area contributed by atoms with Crippen LogP contribution in [-0.2, 0) is 0 Å². The summed E-state index contributed by atoms with van der Waals surface area (Å²) >= 11 is 0. The van der Waals surface area contributed by atoms with Gasteiger partial charge < -0.3 is 11.5 Å². The van der Waals surface area contributed by atoms with E-state index >= 15 is 0 Å². The van der Waals surface area contributed by atoms with E-state index in [1.54, 1.807) is 12.1 Å². The van der Waals surface area contributed by atoms with Crippen molar-refractivity contribution in [3.05, 3.63) is 42.5 Å². The van der Waals surface area contributed by atoms with E-state index in [0.29, 0.717) is 22.6 Å². The highest BCUT2D eigenvalue weighted by Crippen LogP contribution is 2.20. The van der Waals surface area contributed by atoms with Crippen LogP contribution in [0.15, 0.2) is 36.9 Å². The molecule has 2 heterocycles. The molecule has 0 bridgehead atoms. The number of benzene rings is 1. The van der Waals surface area contributed by atoms with Crippen LogP contribution >= 0.6 is 0 Å². The molecular formula is C12H10N6O. The van der Waals surface area contributed by atoms with Crippen molar-refractivity contribution in [3.63, 3.8) is 0 Å². The Morgan fingerprint density at radius 2 is 2.11 bits per heavy atom. The first-order valence-electron chi connectivity index (χ1n) is 5.50. The molecule has 94 valence electrons. The van der Waals surface area contributed by atoms with Crippen LogP contribution in [-0.4, -0.2) is 25.7 Å². The molecule has 0 saturated carbocycles. The average molecular weight is 254 g/mol. The smallest absolute Gasteiger partial charge is 0.251 e. The zero-order chi connectivity index (χ0) is 13.4. The molecule has 0 aliphatic heterocycles. The highest BCUT2D eigenvalue weighted by molar-refractivity contribution is 5.92. The Labute approximate surface area is 107 Å². The van der Waals surface area contributed by atoms with Crippen molar-refractivity contribution >= 4 is 22.5 Å². The summed E-state index contributed by atoms with van der Waals surface area (Å²) in [5.74, 6) is 0.0337. The second-order valence-electron chi connectivity index (χ2n) is 4.01. The lowest BCUT2D eigenvalue weighted by molar-refractivity contribution is 0.100. The van der Waals surface area contributed by atoms with Gasteiger partial charge in [-0.3, -0.25) is 4.79 Å². The van der Waals surface area contributed by atoms with E-state index < -0.39 is 5.91 Å². The maximum atomic E-state index is 11.1. The molecule has 0 aliphatic rings. The molecular weight excluding hydrogens is 244 g/mol. The summed E-state index contributed by atoms with van der Waals surface area (Å²) < 4.78 is 1.49. The van der Waals surface area contributed by atoms with E-state index in [1.165, 1.54) is 23.4 Å². The van der Waals surface area contributed by atoms with Crippen molar-refractivity contribution in [3.8, 4) is 5.82 Å². The van der Waals surface area contributed by atoms with Gasteiger partial charge in [-0.25, -0.2) is 14.6 Å². The number of anilines is 1. The predicted octanol–water partition coefficient (Wildman–Crippen LogP) is 0.497. The molecule has 3 aromatic rings. The van der Waals surface area contributed by atoms with Crippen LogP contribution in [0.2, 0.25) is 0 Å². The SMILES string of the molecule is NC(=O)c1cnn(-c2ncnc3cc(N)ccc23)c1.